The molecule has 1 fully saturated rings. The van der Waals surface area contributed by atoms with E-state index >= 15 is 0 Å². The Morgan fingerprint density at radius 2 is 1.96 bits per heavy atom. The first-order valence-corrected chi connectivity index (χ1v) is 7.95. The maximum Gasteiger partial charge on any atom is 0.263 e. The van der Waals surface area contributed by atoms with E-state index in [1.807, 2.05) is 12.1 Å². The van der Waals surface area contributed by atoms with E-state index in [2.05, 4.69) is 39.9 Å². The van der Waals surface area contributed by atoms with E-state index in [0.717, 1.165) is 37.2 Å². The second-order valence-corrected chi connectivity index (χ2v) is 6.11. The molecule has 6 nitrogen and oxygen atoms in total. The van der Waals surface area contributed by atoms with Gasteiger partial charge in [-0.15, -0.1) is 5.10 Å². The number of rotatable bonds is 2. The highest BCUT2D eigenvalue weighted by atomic mass is 16.1. The lowest BCUT2D eigenvalue weighted by molar-refractivity contribution is 0.869. The summed E-state index contributed by atoms with van der Waals surface area (Å²) in [6.07, 6.45) is 4.04. The first-order valence-electron chi connectivity index (χ1n) is 7.95. The molecule has 0 spiro atoms. The van der Waals surface area contributed by atoms with E-state index in [9.17, 15) is 4.79 Å². The van der Waals surface area contributed by atoms with Gasteiger partial charge in [0.05, 0.1) is 5.69 Å². The summed E-state index contributed by atoms with van der Waals surface area (Å²) in [6.45, 7) is 6.00. The van der Waals surface area contributed by atoms with Crippen molar-refractivity contribution in [3.63, 3.8) is 0 Å². The predicted molar refractivity (Wildman–Crippen MR) is 90.4 cm³/mol. The number of hydrogen-bond acceptors (Lipinski definition) is 4. The third-order valence-electron chi connectivity index (χ3n) is 4.60. The Morgan fingerprint density at radius 3 is 2.74 bits per heavy atom. The fourth-order valence-electron chi connectivity index (χ4n) is 3.09. The Balaban J connectivity index is 1.86. The summed E-state index contributed by atoms with van der Waals surface area (Å²) in [5.41, 5.74) is 3.69. The van der Waals surface area contributed by atoms with Gasteiger partial charge in [0, 0.05) is 19.3 Å². The van der Waals surface area contributed by atoms with Crippen LogP contribution in [-0.2, 0) is 0 Å². The van der Waals surface area contributed by atoms with Crippen LogP contribution in [0.3, 0.4) is 0 Å². The van der Waals surface area contributed by atoms with Crippen molar-refractivity contribution in [3.05, 3.63) is 45.9 Å². The molecule has 0 aliphatic carbocycles. The fraction of sp³-hybridized carbons (Fsp3) is 0.353. The normalized spacial score (nSPS) is 14.8. The van der Waals surface area contributed by atoms with E-state index in [1.165, 1.54) is 5.56 Å². The summed E-state index contributed by atoms with van der Waals surface area (Å²) in [4.78, 5) is 21.9. The summed E-state index contributed by atoms with van der Waals surface area (Å²) >= 11 is 0. The highest BCUT2D eigenvalue weighted by Gasteiger charge is 2.17. The Hall–Kier alpha value is -2.63. The van der Waals surface area contributed by atoms with Crippen molar-refractivity contribution in [2.45, 2.75) is 26.7 Å². The van der Waals surface area contributed by atoms with Crippen LogP contribution in [-0.4, -0.2) is 32.8 Å². The van der Waals surface area contributed by atoms with Gasteiger partial charge in [0.25, 0.3) is 5.56 Å². The number of benzene rings is 1. The van der Waals surface area contributed by atoms with Gasteiger partial charge in [0.1, 0.15) is 5.39 Å². The van der Waals surface area contributed by atoms with Crippen LogP contribution in [0.1, 0.15) is 24.0 Å². The molecule has 23 heavy (non-hydrogen) atoms. The molecule has 4 rings (SSSR count). The zero-order chi connectivity index (χ0) is 16.0. The van der Waals surface area contributed by atoms with Crippen LogP contribution in [0.15, 0.2) is 29.2 Å². The van der Waals surface area contributed by atoms with Gasteiger partial charge in [-0.1, -0.05) is 12.1 Å². The van der Waals surface area contributed by atoms with Crippen molar-refractivity contribution in [1.29, 1.82) is 0 Å². The average Bonchev–Trinajstić information content (AvgIpc) is 3.19. The minimum atomic E-state index is -0.131. The van der Waals surface area contributed by atoms with Crippen LogP contribution >= 0.6 is 0 Å². The molecule has 3 heterocycles. The molecule has 0 radical (unpaired) electrons. The monoisotopic (exact) mass is 309 g/mol. The van der Waals surface area contributed by atoms with Crippen molar-refractivity contribution < 1.29 is 0 Å². The number of aryl methyl sites for hydroxylation is 1. The molecule has 1 saturated heterocycles. The van der Waals surface area contributed by atoms with E-state index in [0.29, 0.717) is 17.0 Å². The van der Waals surface area contributed by atoms with Crippen molar-refractivity contribution >= 4 is 17.0 Å². The molecular formula is C17H19N5O. The maximum atomic E-state index is 12.4. The third-order valence-corrected chi connectivity index (χ3v) is 4.60. The minimum Gasteiger partial charge on any atom is -0.342 e. The average molecular weight is 309 g/mol. The quantitative estimate of drug-likeness (QED) is 0.789. The molecule has 3 aromatic rings. The van der Waals surface area contributed by atoms with Crippen molar-refractivity contribution in [3.8, 4) is 5.69 Å². The van der Waals surface area contributed by atoms with Crippen molar-refractivity contribution in [2.75, 3.05) is 18.0 Å². The number of nitrogens with one attached hydrogen (secondary N) is 1. The summed E-state index contributed by atoms with van der Waals surface area (Å²) < 4.78 is 1.75. The molecule has 0 bridgehead atoms. The standard InChI is InChI=1S/C17H19N5O/c1-11-6-5-7-14(12(11)2)22-10-13-15(20-22)18-17(19-16(13)23)21-8-3-4-9-21/h5-7,10H,3-4,8-9H2,1-2H3,(H,18,19,20,23). The number of aromatic amines is 1. The molecule has 118 valence electrons. The smallest absolute Gasteiger partial charge is 0.263 e. The Bertz CT molecular complexity index is 934. The number of H-pyrrole nitrogens is 1. The van der Waals surface area contributed by atoms with Crippen LogP contribution in [0.2, 0.25) is 0 Å². The lowest BCUT2D eigenvalue weighted by Crippen LogP contribution is -2.23. The largest absolute Gasteiger partial charge is 0.342 e. The number of nitrogens with zero attached hydrogens (tertiary/aromatic N) is 4. The first kappa shape index (κ1) is 14.0. The van der Waals surface area contributed by atoms with Gasteiger partial charge < -0.3 is 4.90 Å². The molecule has 0 unspecified atom stereocenters. The second kappa shape index (κ2) is 5.22. The molecule has 1 aromatic carbocycles. The molecule has 0 amide bonds. The highest BCUT2D eigenvalue weighted by Crippen LogP contribution is 2.20. The van der Waals surface area contributed by atoms with Crippen molar-refractivity contribution in [2.24, 2.45) is 0 Å². The summed E-state index contributed by atoms with van der Waals surface area (Å²) in [7, 11) is 0. The zero-order valence-corrected chi connectivity index (χ0v) is 13.3. The zero-order valence-electron chi connectivity index (χ0n) is 13.3. The topological polar surface area (TPSA) is 66.8 Å². The molecule has 1 N–H and O–H groups in total. The molecule has 1 aliphatic rings. The van der Waals surface area contributed by atoms with E-state index < -0.39 is 0 Å². The molecule has 0 atom stereocenters. The molecular weight excluding hydrogens is 290 g/mol. The van der Waals surface area contributed by atoms with Crippen molar-refractivity contribution in [1.82, 2.24) is 19.7 Å². The Kier molecular flexibility index (Phi) is 3.18. The second-order valence-electron chi connectivity index (χ2n) is 6.11. The molecule has 2 aromatic heterocycles. The number of fused-ring (bicyclic) bond motifs is 1. The van der Waals surface area contributed by atoms with Crippen LogP contribution in [0, 0.1) is 13.8 Å². The first-order chi connectivity index (χ1) is 11.1. The number of anilines is 1. The van der Waals surface area contributed by atoms with Gasteiger partial charge in [-0.3, -0.25) is 9.78 Å². The summed E-state index contributed by atoms with van der Waals surface area (Å²) in [5, 5.41) is 5.06. The Labute approximate surface area is 133 Å². The van der Waals surface area contributed by atoms with Gasteiger partial charge >= 0.3 is 0 Å². The third kappa shape index (κ3) is 2.30. The van der Waals surface area contributed by atoms with Crippen LogP contribution in [0.4, 0.5) is 5.95 Å². The predicted octanol–water partition coefficient (Wildman–Crippen LogP) is 2.33. The summed E-state index contributed by atoms with van der Waals surface area (Å²) in [6, 6.07) is 6.07. The lowest BCUT2D eigenvalue weighted by atomic mass is 10.1. The SMILES string of the molecule is Cc1cccc(-n2cc3c(=O)[nH]c(N4CCCC4)nc3n2)c1C. The minimum absolute atomic E-state index is 0.131. The van der Waals surface area contributed by atoms with Gasteiger partial charge in [-0.2, -0.15) is 4.98 Å². The van der Waals surface area contributed by atoms with Gasteiger partial charge in [0.15, 0.2) is 5.65 Å². The molecule has 1 aliphatic heterocycles. The van der Waals surface area contributed by atoms with Crippen LogP contribution in [0.25, 0.3) is 16.7 Å². The molecule has 0 saturated carbocycles. The van der Waals surface area contributed by atoms with E-state index in [4.69, 9.17) is 0 Å². The Morgan fingerprint density at radius 1 is 1.17 bits per heavy atom. The van der Waals surface area contributed by atoms with Gasteiger partial charge in [0.2, 0.25) is 5.95 Å². The fourth-order valence-corrected chi connectivity index (χ4v) is 3.09. The van der Waals surface area contributed by atoms with Crippen LogP contribution < -0.4 is 10.5 Å². The van der Waals surface area contributed by atoms with Crippen LogP contribution in [0.5, 0.6) is 0 Å². The lowest BCUT2D eigenvalue weighted by Gasteiger charge is -2.14. The van der Waals surface area contributed by atoms with E-state index in [1.54, 1.807) is 10.9 Å². The number of hydrogen-bond donors (Lipinski definition) is 1. The van der Waals surface area contributed by atoms with E-state index in [-0.39, 0.29) is 5.56 Å². The van der Waals surface area contributed by atoms with Gasteiger partial charge in [-0.05, 0) is 43.9 Å². The number of aromatic nitrogens is 4. The maximum absolute atomic E-state index is 12.4. The molecule has 6 heteroatoms. The van der Waals surface area contributed by atoms with Gasteiger partial charge in [-0.25, -0.2) is 4.68 Å². The highest BCUT2D eigenvalue weighted by molar-refractivity contribution is 5.74. The summed E-state index contributed by atoms with van der Waals surface area (Å²) in [5.74, 6) is 0.631.